The Bertz CT molecular complexity index is 526. The number of anilines is 1. The van der Waals surface area contributed by atoms with Crippen LogP contribution < -0.4 is 5.32 Å². The Balaban J connectivity index is 1.70. The van der Waals surface area contributed by atoms with Crippen LogP contribution in [0.4, 0.5) is 5.13 Å². The number of aryl methyl sites for hydroxylation is 1. The fourth-order valence-corrected chi connectivity index (χ4v) is 3.35. The van der Waals surface area contributed by atoms with Crippen molar-refractivity contribution in [1.29, 1.82) is 0 Å². The van der Waals surface area contributed by atoms with Crippen LogP contribution in [-0.2, 0) is 16.0 Å². The molecule has 23 heavy (non-hydrogen) atoms. The van der Waals surface area contributed by atoms with Crippen LogP contribution in [0.1, 0.15) is 38.1 Å². The normalized spacial score (nSPS) is 15.7. The van der Waals surface area contributed by atoms with Gasteiger partial charge in [0.1, 0.15) is 5.01 Å². The zero-order valence-corrected chi connectivity index (χ0v) is 14.7. The Morgan fingerprint density at radius 1 is 1.13 bits per heavy atom. The second-order valence-electron chi connectivity index (χ2n) is 5.61. The number of rotatable bonds is 7. The van der Waals surface area contributed by atoms with Gasteiger partial charge in [-0.2, -0.15) is 0 Å². The Morgan fingerprint density at radius 3 is 2.52 bits per heavy atom. The number of hydrogen-bond donors (Lipinski definition) is 1. The molecule has 0 aromatic carbocycles. The van der Waals surface area contributed by atoms with E-state index in [4.69, 9.17) is 0 Å². The van der Waals surface area contributed by atoms with Crippen LogP contribution in [0.15, 0.2) is 0 Å². The van der Waals surface area contributed by atoms with Crippen molar-refractivity contribution in [3.05, 3.63) is 5.01 Å². The highest BCUT2D eigenvalue weighted by Crippen LogP contribution is 2.17. The summed E-state index contributed by atoms with van der Waals surface area (Å²) in [5.74, 6) is -0.121. The Kier molecular flexibility index (Phi) is 6.91. The van der Waals surface area contributed by atoms with Crippen molar-refractivity contribution in [3.8, 4) is 0 Å². The van der Waals surface area contributed by atoms with Gasteiger partial charge in [0.25, 0.3) is 0 Å². The van der Waals surface area contributed by atoms with Gasteiger partial charge >= 0.3 is 0 Å². The minimum absolute atomic E-state index is 0.0554. The van der Waals surface area contributed by atoms with Crippen LogP contribution in [0.3, 0.4) is 0 Å². The Morgan fingerprint density at radius 2 is 1.87 bits per heavy atom. The third-order valence-electron chi connectivity index (χ3n) is 3.92. The molecule has 1 aromatic heterocycles. The summed E-state index contributed by atoms with van der Waals surface area (Å²) in [4.78, 5) is 28.2. The molecule has 2 amide bonds. The lowest BCUT2D eigenvalue weighted by molar-refractivity contribution is -0.134. The molecule has 0 aliphatic carbocycles. The number of likely N-dealkylation sites (N-methyl/N-ethyl adjacent to an activating group) is 1. The first kappa shape index (κ1) is 17.8. The fourth-order valence-electron chi connectivity index (χ4n) is 2.49. The number of nitrogens with zero attached hydrogens (tertiary/aromatic N) is 4. The molecule has 0 spiro atoms. The van der Waals surface area contributed by atoms with E-state index in [0.29, 0.717) is 5.13 Å². The summed E-state index contributed by atoms with van der Waals surface area (Å²) in [6, 6.07) is 0. The smallest absolute Gasteiger partial charge is 0.226 e. The van der Waals surface area contributed by atoms with E-state index in [1.54, 1.807) is 0 Å². The van der Waals surface area contributed by atoms with Gasteiger partial charge in [-0.3, -0.25) is 9.59 Å². The topological polar surface area (TPSA) is 78.4 Å². The van der Waals surface area contributed by atoms with Gasteiger partial charge in [-0.25, -0.2) is 0 Å². The second-order valence-corrected chi connectivity index (χ2v) is 6.68. The third kappa shape index (κ3) is 5.54. The lowest BCUT2D eigenvalue weighted by Crippen LogP contribution is -2.48. The summed E-state index contributed by atoms with van der Waals surface area (Å²) in [6.45, 7) is 8.56. The molecule has 1 aromatic rings. The van der Waals surface area contributed by atoms with E-state index in [0.717, 1.165) is 50.6 Å². The molecule has 0 bridgehead atoms. The standard InChI is InChI=1S/C15H25N5O2S/c1-3-5-13-17-18-15(23-13)16-12(21)6-7-14(22)20-10-8-19(4-2)9-11-20/h3-11H2,1-2H3,(H,16,18,21). The van der Waals surface area contributed by atoms with E-state index >= 15 is 0 Å². The van der Waals surface area contributed by atoms with E-state index in [2.05, 4.69) is 34.3 Å². The largest absolute Gasteiger partial charge is 0.340 e. The molecule has 1 N–H and O–H groups in total. The highest BCUT2D eigenvalue weighted by atomic mass is 32.1. The molecule has 1 fully saturated rings. The van der Waals surface area contributed by atoms with E-state index in [-0.39, 0.29) is 24.7 Å². The number of aromatic nitrogens is 2. The highest BCUT2D eigenvalue weighted by molar-refractivity contribution is 7.15. The van der Waals surface area contributed by atoms with Gasteiger partial charge in [-0.05, 0) is 13.0 Å². The summed E-state index contributed by atoms with van der Waals surface area (Å²) in [7, 11) is 0. The maximum Gasteiger partial charge on any atom is 0.226 e. The number of nitrogens with one attached hydrogen (secondary N) is 1. The molecule has 1 aliphatic rings. The molecule has 8 heteroatoms. The molecule has 1 aliphatic heterocycles. The first-order valence-electron chi connectivity index (χ1n) is 8.24. The highest BCUT2D eigenvalue weighted by Gasteiger charge is 2.20. The van der Waals surface area contributed by atoms with Gasteiger partial charge in [0.05, 0.1) is 0 Å². The van der Waals surface area contributed by atoms with E-state index in [9.17, 15) is 9.59 Å². The van der Waals surface area contributed by atoms with Crippen LogP contribution in [0.25, 0.3) is 0 Å². The van der Waals surface area contributed by atoms with Crippen molar-refractivity contribution in [3.63, 3.8) is 0 Å². The Labute approximate surface area is 141 Å². The summed E-state index contributed by atoms with van der Waals surface area (Å²) >= 11 is 1.40. The van der Waals surface area contributed by atoms with Gasteiger partial charge in [0.2, 0.25) is 16.9 Å². The fraction of sp³-hybridized carbons (Fsp3) is 0.733. The summed E-state index contributed by atoms with van der Waals surface area (Å²) in [5, 5.41) is 12.1. The zero-order valence-electron chi connectivity index (χ0n) is 13.9. The van der Waals surface area contributed by atoms with Crippen LogP contribution in [0.2, 0.25) is 0 Å². The molecule has 7 nitrogen and oxygen atoms in total. The van der Waals surface area contributed by atoms with Crippen molar-refractivity contribution in [2.45, 2.75) is 39.5 Å². The molecule has 2 heterocycles. The number of amides is 2. The van der Waals surface area contributed by atoms with Crippen molar-refractivity contribution in [2.75, 3.05) is 38.0 Å². The van der Waals surface area contributed by atoms with E-state index < -0.39 is 0 Å². The van der Waals surface area contributed by atoms with E-state index in [1.807, 2.05) is 4.90 Å². The first-order chi connectivity index (χ1) is 11.1. The minimum Gasteiger partial charge on any atom is -0.340 e. The molecule has 0 atom stereocenters. The van der Waals surface area contributed by atoms with Crippen LogP contribution >= 0.6 is 11.3 Å². The summed E-state index contributed by atoms with van der Waals surface area (Å²) < 4.78 is 0. The molecule has 2 rings (SSSR count). The van der Waals surface area contributed by atoms with Gasteiger partial charge < -0.3 is 15.1 Å². The van der Waals surface area contributed by atoms with Crippen LogP contribution in [-0.4, -0.2) is 64.5 Å². The SMILES string of the molecule is CCCc1nnc(NC(=O)CCC(=O)N2CCN(CC)CC2)s1. The predicted molar refractivity (Wildman–Crippen MR) is 90.5 cm³/mol. The quantitative estimate of drug-likeness (QED) is 0.812. The summed E-state index contributed by atoms with van der Waals surface area (Å²) in [6.07, 6.45) is 2.31. The van der Waals surface area contributed by atoms with Crippen molar-refractivity contribution < 1.29 is 9.59 Å². The second kappa shape index (κ2) is 8.93. The summed E-state index contributed by atoms with van der Waals surface area (Å²) in [5.41, 5.74) is 0. The number of carbonyl (C=O) groups excluding carboxylic acids is 2. The average Bonchev–Trinajstić information content (AvgIpc) is 3.00. The molecular weight excluding hydrogens is 314 g/mol. The lowest BCUT2D eigenvalue weighted by Gasteiger charge is -2.34. The first-order valence-corrected chi connectivity index (χ1v) is 9.06. The van der Waals surface area contributed by atoms with Crippen LogP contribution in [0, 0.1) is 0 Å². The minimum atomic E-state index is -0.176. The molecule has 0 unspecified atom stereocenters. The number of carbonyl (C=O) groups is 2. The van der Waals surface area contributed by atoms with Crippen LogP contribution in [0.5, 0.6) is 0 Å². The maximum atomic E-state index is 12.1. The predicted octanol–water partition coefficient (Wildman–Crippen LogP) is 1.37. The van der Waals surface area contributed by atoms with Gasteiger partial charge in [0, 0.05) is 45.4 Å². The molecule has 128 valence electrons. The van der Waals surface area contributed by atoms with Crippen molar-refractivity contribution in [1.82, 2.24) is 20.0 Å². The third-order valence-corrected chi connectivity index (χ3v) is 4.81. The molecular formula is C15H25N5O2S. The lowest BCUT2D eigenvalue weighted by atomic mass is 10.2. The molecule has 0 radical (unpaired) electrons. The van der Waals surface area contributed by atoms with E-state index in [1.165, 1.54) is 11.3 Å². The number of piperazine rings is 1. The van der Waals surface area contributed by atoms with Crippen molar-refractivity contribution in [2.24, 2.45) is 0 Å². The molecule has 1 saturated heterocycles. The van der Waals surface area contributed by atoms with Gasteiger partial charge in [-0.1, -0.05) is 25.2 Å². The Hall–Kier alpha value is -1.54. The zero-order chi connectivity index (χ0) is 16.7. The maximum absolute atomic E-state index is 12.1. The number of hydrogen-bond acceptors (Lipinski definition) is 6. The molecule has 0 saturated carbocycles. The average molecular weight is 339 g/mol. The van der Waals surface area contributed by atoms with Gasteiger partial charge in [0.15, 0.2) is 0 Å². The monoisotopic (exact) mass is 339 g/mol. The van der Waals surface area contributed by atoms with Crippen molar-refractivity contribution >= 4 is 28.3 Å². The van der Waals surface area contributed by atoms with Gasteiger partial charge in [-0.15, -0.1) is 10.2 Å².